The van der Waals surface area contributed by atoms with Gasteiger partial charge in [-0.3, -0.25) is 14.8 Å². The maximum absolute atomic E-state index is 15.3. The van der Waals surface area contributed by atoms with Crippen molar-refractivity contribution in [2.24, 2.45) is 0 Å². The molecule has 1 saturated heterocycles. The van der Waals surface area contributed by atoms with E-state index in [2.05, 4.69) is 37.1 Å². The molecule has 0 spiro atoms. The van der Waals surface area contributed by atoms with Crippen molar-refractivity contribution in [1.82, 2.24) is 30.2 Å². The van der Waals surface area contributed by atoms with E-state index in [4.69, 9.17) is 0 Å². The van der Waals surface area contributed by atoms with Crippen molar-refractivity contribution in [2.45, 2.75) is 25.8 Å². The van der Waals surface area contributed by atoms with E-state index in [9.17, 15) is 4.79 Å². The summed E-state index contributed by atoms with van der Waals surface area (Å²) < 4.78 is 15.3. The summed E-state index contributed by atoms with van der Waals surface area (Å²) in [4.78, 5) is 31.5. The average Bonchev–Trinajstić information content (AvgIpc) is 3.31. The van der Waals surface area contributed by atoms with Crippen LogP contribution in [-0.4, -0.2) is 56.4 Å². The fourth-order valence-electron chi connectivity index (χ4n) is 5.21. The van der Waals surface area contributed by atoms with Gasteiger partial charge in [0.1, 0.15) is 11.5 Å². The Balaban J connectivity index is 1.35. The third-order valence-electron chi connectivity index (χ3n) is 7.14. The second kappa shape index (κ2) is 9.71. The van der Waals surface area contributed by atoms with Crippen LogP contribution in [0.4, 0.5) is 4.39 Å². The number of likely N-dealkylation sites (tertiary alicyclic amines) is 1. The van der Waals surface area contributed by atoms with Gasteiger partial charge in [0.2, 0.25) is 0 Å². The van der Waals surface area contributed by atoms with Gasteiger partial charge in [-0.1, -0.05) is 19.1 Å². The summed E-state index contributed by atoms with van der Waals surface area (Å²) in [7, 11) is 0. The number of rotatable bonds is 5. The first-order valence-corrected chi connectivity index (χ1v) is 12.6. The van der Waals surface area contributed by atoms with Crippen LogP contribution in [0.2, 0.25) is 0 Å². The van der Waals surface area contributed by atoms with Gasteiger partial charge in [-0.2, -0.15) is 0 Å². The van der Waals surface area contributed by atoms with E-state index < -0.39 is 5.82 Å². The molecule has 0 saturated carbocycles. The molecule has 5 aromatic rings. The minimum atomic E-state index is -0.424. The topological polar surface area (TPSA) is 86.8 Å². The molecule has 1 aromatic carbocycles. The normalized spacial score (nSPS) is 16.3. The molecule has 2 N–H and O–H groups in total. The van der Waals surface area contributed by atoms with Gasteiger partial charge in [-0.05, 0) is 61.8 Å². The summed E-state index contributed by atoms with van der Waals surface area (Å²) in [6.07, 6.45) is 8.49. The number of aromatic nitrogens is 4. The number of pyridine rings is 3. The van der Waals surface area contributed by atoms with E-state index in [1.807, 2.05) is 18.2 Å². The van der Waals surface area contributed by atoms with Gasteiger partial charge in [0.25, 0.3) is 5.91 Å². The number of hydrogen-bond acceptors (Lipinski definition) is 5. The third kappa shape index (κ3) is 4.44. The molecule has 1 aliphatic heterocycles. The highest BCUT2D eigenvalue weighted by molar-refractivity contribution is 6.13. The standard InChI is InChI=1S/C29H27FN6O/c1-2-36-12-4-6-21(17-36)34-29(37)19-9-7-18(8-10-19)26-23(30)15-33-28-27(26)22-13-24(32-16-25(22)35-28)20-5-3-11-31-14-20/h3,5,7-11,13-16,21H,2,4,6,12,17H2,1H3,(H,33,35)(H,34,37). The van der Waals surface area contributed by atoms with Gasteiger partial charge in [0.05, 0.1) is 23.6 Å². The lowest BCUT2D eigenvalue weighted by molar-refractivity contribution is 0.0906. The number of hydrogen-bond donors (Lipinski definition) is 2. The van der Waals surface area contributed by atoms with E-state index >= 15 is 4.39 Å². The molecule has 1 unspecified atom stereocenters. The highest BCUT2D eigenvalue weighted by Gasteiger charge is 2.22. The van der Waals surface area contributed by atoms with Crippen LogP contribution >= 0.6 is 0 Å². The van der Waals surface area contributed by atoms with Crippen LogP contribution in [0.1, 0.15) is 30.1 Å². The predicted molar refractivity (Wildman–Crippen MR) is 143 cm³/mol. The zero-order chi connectivity index (χ0) is 25.4. The lowest BCUT2D eigenvalue weighted by Crippen LogP contribution is -2.47. The van der Waals surface area contributed by atoms with Crippen molar-refractivity contribution in [3.8, 4) is 22.4 Å². The molecular formula is C29H27FN6O. The Morgan fingerprint density at radius 1 is 1.14 bits per heavy atom. The number of carbonyl (C=O) groups excluding carboxylic acids is 1. The lowest BCUT2D eigenvalue weighted by atomic mass is 9.99. The first kappa shape index (κ1) is 23.2. The molecule has 0 aliphatic carbocycles. The smallest absolute Gasteiger partial charge is 0.251 e. The Bertz CT molecular complexity index is 1580. The van der Waals surface area contributed by atoms with Crippen LogP contribution in [0.5, 0.6) is 0 Å². The molecule has 0 radical (unpaired) electrons. The number of halogens is 1. The van der Waals surface area contributed by atoms with Gasteiger partial charge in [0.15, 0.2) is 0 Å². The Kier molecular flexibility index (Phi) is 6.10. The van der Waals surface area contributed by atoms with Crippen LogP contribution in [0.3, 0.4) is 0 Å². The van der Waals surface area contributed by atoms with Crippen molar-refractivity contribution in [3.05, 3.63) is 78.6 Å². The number of nitrogens with one attached hydrogen (secondary N) is 2. The van der Waals surface area contributed by atoms with Gasteiger partial charge >= 0.3 is 0 Å². The number of benzene rings is 1. The Labute approximate surface area is 213 Å². The summed E-state index contributed by atoms with van der Waals surface area (Å²) in [5.74, 6) is -0.527. The zero-order valence-corrected chi connectivity index (χ0v) is 20.5. The van der Waals surface area contributed by atoms with E-state index in [0.717, 1.165) is 54.6 Å². The van der Waals surface area contributed by atoms with E-state index in [-0.39, 0.29) is 11.9 Å². The number of amides is 1. The molecule has 1 aliphatic rings. The second-order valence-electron chi connectivity index (χ2n) is 9.47. The summed E-state index contributed by atoms with van der Waals surface area (Å²) in [6.45, 7) is 5.08. The number of fused-ring (bicyclic) bond motifs is 3. The Hall–Kier alpha value is -4.17. The molecule has 7 nitrogen and oxygen atoms in total. The largest absolute Gasteiger partial charge is 0.348 e. The number of H-pyrrole nitrogens is 1. The van der Waals surface area contributed by atoms with Crippen molar-refractivity contribution in [1.29, 1.82) is 0 Å². The number of piperidine rings is 1. The number of likely N-dealkylation sites (N-methyl/N-ethyl adjacent to an activating group) is 1. The summed E-state index contributed by atoms with van der Waals surface area (Å²) >= 11 is 0. The Morgan fingerprint density at radius 3 is 2.78 bits per heavy atom. The molecule has 8 heteroatoms. The molecule has 186 valence electrons. The first-order chi connectivity index (χ1) is 18.1. The molecule has 1 atom stereocenters. The SMILES string of the molecule is CCN1CCCC(NC(=O)c2ccc(-c3c(F)cnc4[nH]c5cnc(-c6cccnc6)cc5c34)cc2)C1. The highest BCUT2D eigenvalue weighted by Crippen LogP contribution is 2.36. The zero-order valence-electron chi connectivity index (χ0n) is 20.5. The van der Waals surface area contributed by atoms with Gasteiger partial charge in [-0.25, -0.2) is 9.37 Å². The minimum Gasteiger partial charge on any atom is -0.348 e. The molecular weight excluding hydrogens is 467 g/mol. The Morgan fingerprint density at radius 2 is 2.00 bits per heavy atom. The van der Waals surface area contributed by atoms with Gasteiger partial charge in [0, 0.05) is 52.4 Å². The fourth-order valence-corrected chi connectivity index (χ4v) is 5.21. The van der Waals surface area contributed by atoms with Gasteiger partial charge < -0.3 is 15.2 Å². The van der Waals surface area contributed by atoms with Crippen LogP contribution in [0, 0.1) is 5.82 Å². The fraction of sp³-hybridized carbons (Fsp3) is 0.241. The average molecular weight is 495 g/mol. The van der Waals surface area contributed by atoms with Crippen molar-refractivity contribution >= 4 is 27.8 Å². The predicted octanol–water partition coefficient (Wildman–Crippen LogP) is 5.19. The summed E-state index contributed by atoms with van der Waals surface area (Å²) in [6, 6.07) is 13.0. The maximum atomic E-state index is 15.3. The molecule has 1 fully saturated rings. The van der Waals surface area contributed by atoms with Crippen LogP contribution in [0.15, 0.2) is 67.3 Å². The summed E-state index contributed by atoms with van der Waals surface area (Å²) in [5, 5.41) is 4.67. The molecule has 37 heavy (non-hydrogen) atoms. The molecule has 1 amide bonds. The van der Waals surface area contributed by atoms with Crippen LogP contribution in [0.25, 0.3) is 44.3 Å². The molecule has 0 bridgehead atoms. The van der Waals surface area contributed by atoms with Crippen molar-refractivity contribution in [3.63, 3.8) is 0 Å². The van der Waals surface area contributed by atoms with E-state index in [0.29, 0.717) is 27.7 Å². The van der Waals surface area contributed by atoms with Gasteiger partial charge in [-0.15, -0.1) is 0 Å². The molecule has 6 rings (SSSR count). The molecule has 5 heterocycles. The second-order valence-corrected chi connectivity index (χ2v) is 9.47. The first-order valence-electron chi connectivity index (χ1n) is 12.6. The number of nitrogens with zero attached hydrogens (tertiary/aromatic N) is 4. The van der Waals surface area contributed by atoms with E-state index in [1.165, 1.54) is 6.20 Å². The minimum absolute atomic E-state index is 0.103. The number of carbonyl (C=O) groups is 1. The lowest BCUT2D eigenvalue weighted by Gasteiger charge is -2.32. The maximum Gasteiger partial charge on any atom is 0.251 e. The monoisotopic (exact) mass is 494 g/mol. The molecule has 4 aromatic heterocycles. The number of aromatic amines is 1. The van der Waals surface area contributed by atoms with Crippen molar-refractivity contribution in [2.75, 3.05) is 19.6 Å². The highest BCUT2D eigenvalue weighted by atomic mass is 19.1. The summed E-state index contributed by atoms with van der Waals surface area (Å²) in [5.41, 5.74) is 4.65. The quantitative estimate of drug-likeness (QED) is 0.351. The van der Waals surface area contributed by atoms with Crippen LogP contribution in [-0.2, 0) is 0 Å². The van der Waals surface area contributed by atoms with Crippen molar-refractivity contribution < 1.29 is 9.18 Å². The van der Waals surface area contributed by atoms with E-state index in [1.54, 1.807) is 42.9 Å². The van der Waals surface area contributed by atoms with Crippen LogP contribution < -0.4 is 5.32 Å². The third-order valence-corrected chi connectivity index (χ3v) is 7.14.